The van der Waals surface area contributed by atoms with E-state index in [2.05, 4.69) is 5.32 Å². The number of nitrogens with zero attached hydrogens (tertiary/aromatic N) is 2. The molecule has 2 aromatic rings. The van der Waals surface area contributed by atoms with E-state index in [1.165, 1.54) is 16.4 Å². The third-order valence-electron chi connectivity index (χ3n) is 4.01. The molecule has 5 nitrogen and oxygen atoms in total. The van der Waals surface area contributed by atoms with Crippen molar-refractivity contribution in [2.75, 3.05) is 28.7 Å². The largest absolute Gasteiger partial charge is 0.320 e. The maximum atomic E-state index is 13.2. The van der Waals surface area contributed by atoms with Crippen LogP contribution in [0.25, 0.3) is 0 Å². The van der Waals surface area contributed by atoms with Gasteiger partial charge in [0.1, 0.15) is 5.82 Å². The predicted molar refractivity (Wildman–Crippen MR) is 98.3 cm³/mol. The van der Waals surface area contributed by atoms with E-state index in [-0.39, 0.29) is 5.82 Å². The van der Waals surface area contributed by atoms with E-state index in [9.17, 15) is 13.5 Å². The van der Waals surface area contributed by atoms with Crippen molar-refractivity contribution in [3.05, 3.63) is 54.3 Å². The summed E-state index contributed by atoms with van der Waals surface area (Å²) in [6, 6.07) is 13.2. The van der Waals surface area contributed by atoms with Gasteiger partial charge >= 0.3 is 0 Å². The number of benzene rings is 2. The number of hydrogen-bond donors (Lipinski definition) is 3. The lowest BCUT2D eigenvalue weighted by Crippen LogP contribution is -2.32. The van der Waals surface area contributed by atoms with E-state index in [0.29, 0.717) is 12.2 Å². The lowest BCUT2D eigenvalue weighted by Gasteiger charge is -2.43. The fourth-order valence-corrected chi connectivity index (χ4v) is 4.68. The first-order chi connectivity index (χ1) is 11.6. The molecule has 0 unspecified atom stereocenters. The third kappa shape index (κ3) is 3.08. The fraction of sp³-hybridized carbons (Fsp3) is 0.294. The number of nitrogens with one attached hydrogen (secondary N) is 1. The molecule has 1 aliphatic heterocycles. The van der Waals surface area contributed by atoms with Crippen molar-refractivity contribution in [3.63, 3.8) is 0 Å². The molecule has 0 bridgehead atoms. The fourth-order valence-electron chi connectivity index (χ4n) is 2.87. The minimum Gasteiger partial charge on any atom is -0.320 e. The molecular weight excluding hydrogens is 329 g/mol. The summed E-state index contributed by atoms with van der Waals surface area (Å²) in [7, 11) is -1.32. The molecule has 0 fully saturated rings. The highest BCUT2D eigenvalue weighted by Gasteiger charge is 2.41. The van der Waals surface area contributed by atoms with Crippen LogP contribution in [0.1, 0.15) is 12.8 Å². The van der Waals surface area contributed by atoms with Crippen LogP contribution in [-0.4, -0.2) is 29.2 Å². The van der Waals surface area contributed by atoms with Crippen molar-refractivity contribution in [3.8, 4) is 0 Å². The van der Waals surface area contributed by atoms with Gasteiger partial charge in [0.15, 0.2) is 0 Å². The van der Waals surface area contributed by atoms with Crippen LogP contribution in [0.2, 0.25) is 0 Å². The van der Waals surface area contributed by atoms with Crippen LogP contribution in [0.3, 0.4) is 0 Å². The van der Waals surface area contributed by atoms with Gasteiger partial charge in [-0.2, -0.15) is 0 Å². The molecule has 1 heterocycles. The normalized spacial score (nSPS) is 17.0. The summed E-state index contributed by atoms with van der Waals surface area (Å²) in [5.41, 5.74) is 2.06. The van der Waals surface area contributed by atoms with Crippen LogP contribution < -0.4 is 13.9 Å². The van der Waals surface area contributed by atoms with Crippen LogP contribution >= 0.6 is 11.0 Å². The van der Waals surface area contributed by atoms with E-state index in [0.717, 1.165) is 30.8 Å². The van der Waals surface area contributed by atoms with Crippen molar-refractivity contribution in [1.82, 2.24) is 5.32 Å². The molecule has 3 N–H and O–H groups in total. The Hall–Kier alpha value is -1.80. The van der Waals surface area contributed by atoms with Crippen LogP contribution in [0, 0.1) is 5.82 Å². The van der Waals surface area contributed by atoms with E-state index in [1.807, 2.05) is 31.3 Å². The van der Waals surface area contributed by atoms with Gasteiger partial charge in [-0.25, -0.2) is 8.70 Å². The number of hydrogen-bond acceptors (Lipinski definition) is 5. The zero-order valence-electron chi connectivity index (χ0n) is 13.5. The molecular formula is C17H22FN3O2S. The summed E-state index contributed by atoms with van der Waals surface area (Å²) in [6.07, 6.45) is 1.78. The lowest BCUT2D eigenvalue weighted by molar-refractivity contribution is 0.483. The Morgan fingerprint density at radius 1 is 1.00 bits per heavy atom. The lowest BCUT2D eigenvalue weighted by atomic mass is 10.2. The number of halogens is 1. The molecule has 0 radical (unpaired) electrons. The van der Waals surface area contributed by atoms with Crippen LogP contribution in [-0.2, 0) is 0 Å². The van der Waals surface area contributed by atoms with Gasteiger partial charge in [-0.15, -0.1) is 0 Å². The van der Waals surface area contributed by atoms with E-state index in [1.54, 1.807) is 16.4 Å². The highest BCUT2D eigenvalue weighted by atomic mass is 32.3. The molecule has 0 saturated carbocycles. The third-order valence-corrected chi connectivity index (χ3v) is 5.88. The average molecular weight is 351 g/mol. The van der Waals surface area contributed by atoms with E-state index < -0.39 is 11.0 Å². The summed E-state index contributed by atoms with van der Waals surface area (Å²) >= 11 is 0. The quantitative estimate of drug-likeness (QED) is 0.675. The monoisotopic (exact) mass is 351 g/mol. The summed E-state index contributed by atoms with van der Waals surface area (Å²) in [4.78, 5) is 0. The van der Waals surface area contributed by atoms with Crippen molar-refractivity contribution in [1.29, 1.82) is 0 Å². The Balaban J connectivity index is 1.94. The summed E-state index contributed by atoms with van der Waals surface area (Å²) < 4.78 is 38.2. The van der Waals surface area contributed by atoms with E-state index >= 15 is 0 Å². The van der Waals surface area contributed by atoms with Crippen molar-refractivity contribution >= 4 is 28.0 Å². The van der Waals surface area contributed by atoms with Crippen LogP contribution in [0.5, 0.6) is 0 Å². The van der Waals surface area contributed by atoms with Gasteiger partial charge in [0.25, 0.3) is 0 Å². The van der Waals surface area contributed by atoms with Gasteiger partial charge in [0.2, 0.25) is 0 Å². The number of anilines is 3. The van der Waals surface area contributed by atoms with Gasteiger partial charge in [0, 0.05) is 6.54 Å². The van der Waals surface area contributed by atoms with Gasteiger partial charge in [0.05, 0.1) is 17.1 Å². The predicted octanol–water partition coefficient (Wildman–Crippen LogP) is 4.36. The summed E-state index contributed by atoms with van der Waals surface area (Å²) in [5.74, 6) is -0.355. The van der Waals surface area contributed by atoms with Crippen LogP contribution in [0.15, 0.2) is 48.5 Å². The van der Waals surface area contributed by atoms with Crippen molar-refractivity contribution in [2.24, 2.45) is 0 Å². The van der Waals surface area contributed by atoms with Gasteiger partial charge in [-0.1, -0.05) is 12.1 Å². The van der Waals surface area contributed by atoms with Crippen molar-refractivity contribution < 1.29 is 13.5 Å². The maximum Gasteiger partial charge on any atom is 0.123 e. The summed E-state index contributed by atoms with van der Waals surface area (Å²) in [6.45, 7) is 1.43. The highest BCUT2D eigenvalue weighted by molar-refractivity contribution is 8.27. The topological polar surface area (TPSA) is 59.0 Å². The SMILES string of the molecule is CNCCCCN1c2ccccc2N(c2ccc(F)cc2)S1(O)O. The second-order valence-electron chi connectivity index (χ2n) is 5.66. The smallest absolute Gasteiger partial charge is 0.123 e. The zero-order chi connectivity index (χ0) is 17.2. The first-order valence-electron chi connectivity index (χ1n) is 7.91. The minimum absolute atomic E-state index is 0.355. The molecule has 7 heteroatoms. The van der Waals surface area contributed by atoms with Gasteiger partial charge < -0.3 is 5.32 Å². The van der Waals surface area contributed by atoms with Crippen LogP contribution in [0.4, 0.5) is 21.5 Å². The summed E-state index contributed by atoms with van der Waals surface area (Å²) in [5, 5.41) is 3.09. The number of fused-ring (bicyclic) bond motifs is 1. The number of rotatable bonds is 6. The van der Waals surface area contributed by atoms with E-state index in [4.69, 9.17) is 0 Å². The van der Waals surface area contributed by atoms with Crippen molar-refractivity contribution in [2.45, 2.75) is 12.8 Å². The molecule has 0 atom stereocenters. The standard InChI is InChI=1S/C17H22FN3O2S/c1-19-12-4-5-13-20-16-6-2-3-7-17(16)21(24(20,22)23)15-10-8-14(18)9-11-15/h2-3,6-11,19,22-23H,4-5,12-13H2,1H3. The first kappa shape index (κ1) is 17.0. The maximum absolute atomic E-state index is 13.2. The molecule has 130 valence electrons. The molecule has 1 aliphatic rings. The Kier molecular flexibility index (Phi) is 4.96. The highest BCUT2D eigenvalue weighted by Crippen LogP contribution is 2.63. The second kappa shape index (κ2) is 6.98. The Bertz CT molecular complexity index is 696. The first-order valence-corrected chi connectivity index (χ1v) is 9.37. The molecule has 3 rings (SSSR count). The second-order valence-corrected chi connectivity index (χ2v) is 7.45. The molecule has 0 saturated heterocycles. The molecule has 24 heavy (non-hydrogen) atoms. The van der Waals surface area contributed by atoms with Gasteiger partial charge in [-0.3, -0.25) is 13.4 Å². The minimum atomic E-state index is -3.22. The number of unbranched alkanes of at least 4 members (excludes halogenated alkanes) is 1. The Labute approximate surface area is 143 Å². The average Bonchev–Trinajstić information content (AvgIpc) is 2.79. The van der Waals surface area contributed by atoms with Gasteiger partial charge in [-0.05, 0) is 73.8 Å². The Morgan fingerprint density at radius 2 is 1.67 bits per heavy atom. The molecule has 0 aliphatic carbocycles. The molecule has 2 aromatic carbocycles. The molecule has 0 spiro atoms. The Morgan fingerprint density at radius 3 is 2.33 bits per heavy atom. The number of para-hydroxylation sites is 2. The zero-order valence-corrected chi connectivity index (χ0v) is 14.3. The molecule has 0 aromatic heterocycles. The molecule has 0 amide bonds.